The van der Waals surface area contributed by atoms with Crippen LogP contribution in [0.5, 0.6) is 0 Å². The van der Waals surface area contributed by atoms with Crippen LogP contribution >= 0.6 is 0 Å². The van der Waals surface area contributed by atoms with Gasteiger partial charge in [-0.3, -0.25) is 0 Å². The molecule has 0 bridgehead atoms. The van der Waals surface area contributed by atoms with E-state index in [1.54, 1.807) is 0 Å². The standard InChI is InChI=1S/C12H25NO.C9H7.C2H6Si.2ClH.Zr/c1-2-3-4-5-6-7-8-9-10-11-12(13)14;1-2-5-9-7-3-6-8(9)4-1;1-3-2;;;/h2-11H2,1H3,(H2,13,14);1-7H;1-2H3;2*1H;/q;-1;;;;+4/p-3. The zero-order valence-electron chi connectivity index (χ0n) is 18.3. The molecule has 162 valence electrons. The van der Waals surface area contributed by atoms with Crippen molar-refractivity contribution in [3.05, 3.63) is 48.2 Å². The zero-order chi connectivity index (χ0) is 19.5. The van der Waals surface area contributed by atoms with Crippen molar-refractivity contribution in [1.82, 2.24) is 0 Å². The van der Waals surface area contributed by atoms with Crippen LogP contribution in [0.15, 0.2) is 42.5 Å². The molecule has 0 saturated carbocycles. The Labute approximate surface area is 213 Å². The van der Waals surface area contributed by atoms with Crippen LogP contribution in [0.4, 0.5) is 0 Å². The molecule has 6 heteroatoms. The fraction of sp³-hybridized carbons (Fsp3) is 0.565. The number of benzene rings is 1. The number of halogens is 2. The molecular weight excluding hydrogens is 496 g/mol. The molecule has 1 amide bonds. The fourth-order valence-electron chi connectivity index (χ4n) is 2.67. The molecule has 2 nitrogen and oxygen atoms in total. The molecular formula is C23H37Cl2NOSiZr. The second-order valence-electron chi connectivity index (χ2n) is 6.66. The third kappa shape index (κ3) is 24.1. The predicted octanol–water partition coefficient (Wildman–Crippen LogP) is 1.84. The Hall–Kier alpha value is -0.0200. The van der Waals surface area contributed by atoms with Crippen LogP contribution in [0.25, 0.3) is 16.5 Å². The van der Waals surface area contributed by atoms with Gasteiger partial charge in [0.2, 0.25) is 0 Å². The topological polar surface area (TPSA) is 40.9 Å². The SMILES string of the molecule is CCCCCCCCCCCC([NH-])=O.C[Si]C.[Cl-].[Cl-].[Zr+4].c1ccc2[cH-]ccc2c1. The van der Waals surface area contributed by atoms with E-state index < -0.39 is 5.91 Å². The van der Waals surface area contributed by atoms with Crippen molar-refractivity contribution >= 4 is 26.2 Å². The van der Waals surface area contributed by atoms with Crippen LogP contribution in [-0.2, 0) is 31.0 Å². The van der Waals surface area contributed by atoms with E-state index in [9.17, 15) is 4.79 Å². The van der Waals surface area contributed by atoms with E-state index in [0.717, 1.165) is 22.4 Å². The molecule has 29 heavy (non-hydrogen) atoms. The van der Waals surface area contributed by atoms with Gasteiger partial charge in [-0.05, 0) is 12.8 Å². The van der Waals surface area contributed by atoms with E-state index in [-0.39, 0.29) is 51.0 Å². The number of unbranched alkanes of at least 4 members (excludes halogenated alkanes) is 8. The number of hydrogen-bond donors (Lipinski definition) is 0. The van der Waals surface area contributed by atoms with Crippen molar-refractivity contribution in [1.29, 1.82) is 0 Å². The largest absolute Gasteiger partial charge is 4.00 e. The predicted molar refractivity (Wildman–Crippen MR) is 118 cm³/mol. The van der Waals surface area contributed by atoms with E-state index in [1.165, 1.54) is 55.7 Å². The summed E-state index contributed by atoms with van der Waals surface area (Å²) >= 11 is 0. The zero-order valence-corrected chi connectivity index (χ0v) is 23.2. The van der Waals surface area contributed by atoms with Crippen LogP contribution in [0.2, 0.25) is 13.1 Å². The third-order valence-corrected chi connectivity index (χ3v) is 4.05. The Bertz CT molecular complexity index is 536. The first kappa shape index (κ1) is 36.4. The van der Waals surface area contributed by atoms with Gasteiger partial charge in [0.25, 0.3) is 0 Å². The Morgan fingerprint density at radius 1 is 0.897 bits per heavy atom. The quantitative estimate of drug-likeness (QED) is 0.261. The van der Waals surface area contributed by atoms with Crippen molar-refractivity contribution in [3.8, 4) is 0 Å². The molecule has 1 N–H and O–H groups in total. The molecule has 0 saturated heterocycles. The summed E-state index contributed by atoms with van der Waals surface area (Å²) in [5, 5.41) is 2.66. The van der Waals surface area contributed by atoms with Gasteiger partial charge in [0.1, 0.15) is 0 Å². The molecule has 2 aromatic carbocycles. The number of carbonyl (C=O) groups is 1. The second kappa shape index (κ2) is 28.0. The van der Waals surface area contributed by atoms with E-state index >= 15 is 0 Å². The van der Waals surface area contributed by atoms with E-state index in [1.807, 2.05) is 0 Å². The molecule has 0 aliphatic carbocycles. The summed E-state index contributed by atoms with van der Waals surface area (Å²) in [5.41, 5.74) is 6.73. The first-order valence-corrected chi connectivity index (χ1v) is 12.1. The van der Waals surface area contributed by atoms with Gasteiger partial charge in [-0.25, -0.2) is 0 Å². The number of amides is 1. The summed E-state index contributed by atoms with van der Waals surface area (Å²) in [6.07, 6.45) is 11.8. The monoisotopic (exact) mass is 531 g/mol. The molecule has 2 rings (SSSR count). The van der Waals surface area contributed by atoms with Gasteiger partial charge in [-0.2, -0.15) is 17.5 Å². The van der Waals surface area contributed by atoms with E-state index in [4.69, 9.17) is 5.73 Å². The Morgan fingerprint density at radius 2 is 1.38 bits per heavy atom. The molecule has 0 heterocycles. The van der Waals surface area contributed by atoms with Crippen LogP contribution in [0.3, 0.4) is 0 Å². The van der Waals surface area contributed by atoms with Crippen molar-refractivity contribution in [3.63, 3.8) is 0 Å². The molecule has 0 fully saturated rings. The smallest absolute Gasteiger partial charge is 1.00 e. The third-order valence-electron chi connectivity index (χ3n) is 4.05. The molecule has 0 atom stereocenters. The van der Waals surface area contributed by atoms with Crippen LogP contribution < -0.4 is 24.8 Å². The molecule has 0 aliphatic heterocycles. The number of hydrogen-bond acceptors (Lipinski definition) is 1. The van der Waals surface area contributed by atoms with Crippen LogP contribution in [-0.4, -0.2) is 15.4 Å². The van der Waals surface area contributed by atoms with Crippen LogP contribution in [0, 0.1) is 0 Å². The molecule has 0 aromatic heterocycles. The van der Waals surface area contributed by atoms with Crippen molar-refractivity contribution in [2.24, 2.45) is 0 Å². The molecule has 0 unspecified atom stereocenters. The van der Waals surface area contributed by atoms with Gasteiger partial charge >= 0.3 is 26.2 Å². The van der Waals surface area contributed by atoms with Gasteiger partial charge in [0.05, 0.1) is 0 Å². The summed E-state index contributed by atoms with van der Waals surface area (Å²) in [7, 11) is 1.08. The van der Waals surface area contributed by atoms with Gasteiger partial charge in [0, 0.05) is 15.4 Å². The fourth-order valence-corrected chi connectivity index (χ4v) is 2.67. The summed E-state index contributed by atoms with van der Waals surface area (Å²) in [4.78, 5) is 10.3. The summed E-state index contributed by atoms with van der Waals surface area (Å²) in [6.45, 7) is 6.54. The number of nitrogens with one attached hydrogen (secondary N) is 1. The average molecular weight is 534 g/mol. The van der Waals surface area contributed by atoms with Gasteiger partial charge in [-0.15, -0.1) is 29.7 Å². The molecule has 0 spiro atoms. The molecule has 0 aliphatic rings. The van der Waals surface area contributed by atoms with Crippen molar-refractivity contribution in [2.75, 3.05) is 0 Å². The first-order chi connectivity index (χ1) is 12.7. The maximum absolute atomic E-state index is 10.3. The van der Waals surface area contributed by atoms with E-state index in [0.29, 0.717) is 6.42 Å². The van der Waals surface area contributed by atoms with Gasteiger partial charge in [-0.1, -0.05) is 77.5 Å². The van der Waals surface area contributed by atoms with Crippen LogP contribution in [0.1, 0.15) is 71.1 Å². The average Bonchev–Trinajstić information content (AvgIpc) is 3.10. The Morgan fingerprint density at radius 3 is 1.86 bits per heavy atom. The Balaban J connectivity index is -0.000000180. The second-order valence-corrected chi connectivity index (χ2v) is 7.66. The van der Waals surface area contributed by atoms with Crippen molar-refractivity contribution < 1.29 is 55.8 Å². The molecule has 2 radical (unpaired) electrons. The maximum atomic E-state index is 10.3. The number of fused-ring (bicyclic) bond motifs is 1. The minimum Gasteiger partial charge on any atom is -1.00 e. The minimum absolute atomic E-state index is 0. The number of rotatable bonds is 10. The van der Waals surface area contributed by atoms with Gasteiger partial charge in [0.15, 0.2) is 0 Å². The normalized spacial score (nSPS) is 8.79. The maximum Gasteiger partial charge on any atom is 4.00 e. The summed E-state index contributed by atoms with van der Waals surface area (Å²) < 4.78 is 0. The Kier molecular flexibility index (Phi) is 35.1. The van der Waals surface area contributed by atoms with E-state index in [2.05, 4.69) is 62.5 Å². The van der Waals surface area contributed by atoms with Gasteiger partial charge < -0.3 is 35.3 Å². The number of carbonyl (C=O) groups excluding carboxylic acids is 1. The minimum atomic E-state index is -0.409. The first-order valence-electron chi connectivity index (χ1n) is 10.1. The molecule has 2 aromatic rings. The van der Waals surface area contributed by atoms with Crippen molar-refractivity contribution in [2.45, 2.75) is 84.2 Å². The summed E-state index contributed by atoms with van der Waals surface area (Å²) in [6, 6.07) is 14.7. The summed E-state index contributed by atoms with van der Waals surface area (Å²) in [5.74, 6) is -0.409.